The molecule has 51 heavy (non-hydrogen) atoms. The molecule has 10 heteroatoms. The zero-order valence-electron chi connectivity index (χ0n) is 30.5. The fraction of sp³-hybridized carbons (Fsp3) is 0.366. The number of oxazole rings is 1. The van der Waals surface area contributed by atoms with Crippen molar-refractivity contribution in [3.63, 3.8) is 0 Å². The number of rotatable bonds is 8. The summed E-state index contributed by atoms with van der Waals surface area (Å²) in [7, 11) is 0. The van der Waals surface area contributed by atoms with Crippen molar-refractivity contribution >= 4 is 34.3 Å². The number of halogens is 4. The minimum Gasteiger partial charge on any atom is -0.440 e. The van der Waals surface area contributed by atoms with Crippen LogP contribution in [-0.4, -0.2) is 33.3 Å². The van der Waals surface area contributed by atoms with Crippen molar-refractivity contribution in [2.45, 2.75) is 85.6 Å². The average Bonchev–Trinajstić information content (AvgIpc) is 4.04. The molecular formula is C41H48Cl2F2N4O2. The van der Waals surface area contributed by atoms with Crippen molar-refractivity contribution in [3.05, 3.63) is 128 Å². The molecule has 1 aliphatic heterocycles. The second-order valence-electron chi connectivity index (χ2n) is 12.7. The minimum atomic E-state index is -0.619. The Kier molecular flexibility index (Phi) is 14.2. The number of nitrogens with one attached hydrogen (secondary N) is 1. The van der Waals surface area contributed by atoms with Crippen LogP contribution in [0.5, 0.6) is 0 Å². The molecule has 3 heterocycles. The molecule has 272 valence electrons. The lowest BCUT2D eigenvalue weighted by Crippen LogP contribution is -2.19. The predicted molar refractivity (Wildman–Crippen MR) is 205 cm³/mol. The van der Waals surface area contributed by atoms with Gasteiger partial charge in [0, 0.05) is 30.5 Å². The Bertz CT molecular complexity index is 1960. The molecule has 3 unspecified atom stereocenters. The summed E-state index contributed by atoms with van der Waals surface area (Å²) in [6.07, 6.45) is 5.30. The van der Waals surface area contributed by atoms with Crippen LogP contribution in [0.4, 0.5) is 8.78 Å². The van der Waals surface area contributed by atoms with Crippen molar-refractivity contribution in [1.82, 2.24) is 20.3 Å². The molecule has 1 saturated carbocycles. The fourth-order valence-electron chi connectivity index (χ4n) is 5.74. The molecular weight excluding hydrogens is 689 g/mol. The van der Waals surface area contributed by atoms with Gasteiger partial charge in [-0.25, -0.2) is 13.8 Å². The van der Waals surface area contributed by atoms with Crippen molar-refractivity contribution in [3.8, 4) is 11.3 Å². The van der Waals surface area contributed by atoms with Crippen molar-refractivity contribution in [2.75, 3.05) is 13.1 Å². The highest BCUT2D eigenvalue weighted by Crippen LogP contribution is 2.43. The number of benzene rings is 3. The summed E-state index contributed by atoms with van der Waals surface area (Å²) >= 11 is 12.4. The lowest BCUT2D eigenvalue weighted by molar-refractivity contribution is 0.0182. The van der Waals surface area contributed by atoms with E-state index in [0.29, 0.717) is 36.0 Å². The topological polar surface area (TPSA) is 74.2 Å². The zero-order chi connectivity index (χ0) is 37.4. The maximum atomic E-state index is 14.0. The van der Waals surface area contributed by atoms with E-state index in [0.717, 1.165) is 33.7 Å². The summed E-state index contributed by atoms with van der Waals surface area (Å²) in [4.78, 5) is 9.42. The monoisotopic (exact) mass is 736 g/mol. The molecule has 0 radical (unpaired) electrons. The van der Waals surface area contributed by atoms with Crippen LogP contribution in [-0.2, 0) is 0 Å². The van der Waals surface area contributed by atoms with Crippen LogP contribution < -0.4 is 5.32 Å². The second-order valence-corrected chi connectivity index (χ2v) is 13.4. The van der Waals surface area contributed by atoms with Crippen LogP contribution in [0.1, 0.15) is 104 Å². The molecule has 1 saturated heterocycles. The largest absolute Gasteiger partial charge is 0.440 e. The summed E-state index contributed by atoms with van der Waals surface area (Å²) in [5.41, 5.74) is 8.51. The van der Waals surface area contributed by atoms with Crippen LogP contribution in [0, 0.1) is 32.4 Å². The van der Waals surface area contributed by atoms with Gasteiger partial charge in [-0.1, -0.05) is 82.1 Å². The second kappa shape index (κ2) is 18.1. The summed E-state index contributed by atoms with van der Waals surface area (Å²) in [5.74, 6) is 0.250. The molecule has 6 nitrogen and oxygen atoms in total. The molecule has 2 N–H and O–H groups in total. The van der Waals surface area contributed by atoms with E-state index in [2.05, 4.69) is 56.7 Å². The summed E-state index contributed by atoms with van der Waals surface area (Å²) < 4.78 is 33.7. The Labute approximate surface area is 310 Å². The highest BCUT2D eigenvalue weighted by molar-refractivity contribution is 6.43. The standard InChI is InChI=1S/C24H21Cl2F2N3O.C12H13NO.C3H8.C2H6/c1-3-29-11-18(14-5-4-6-15(27)9-14)20-10-17(21-12-31(21)32)13(2)24(30-20)16-7-8-19(28)23(26)22(16)25;1-7-5-8(2)11-10(6-7)14-12(13-11)9-3-4-9;1-3-2;1-2/h3-10,18,21,29,32H,1,11-12H2,2H3;5-6,9H,3-4H2,1-2H3;3H2,1-2H3;1-2H3. The van der Waals surface area contributed by atoms with Gasteiger partial charge in [0.2, 0.25) is 0 Å². The van der Waals surface area contributed by atoms with Crippen molar-refractivity contribution in [2.24, 2.45) is 0 Å². The number of aromatic nitrogens is 2. The first-order valence-corrected chi connectivity index (χ1v) is 18.3. The number of aryl methyl sites for hydroxylation is 2. The van der Waals surface area contributed by atoms with Gasteiger partial charge in [0.15, 0.2) is 11.5 Å². The average molecular weight is 738 g/mol. The quantitative estimate of drug-likeness (QED) is 0.122. The molecule has 0 amide bonds. The number of pyridine rings is 1. The van der Waals surface area contributed by atoms with Gasteiger partial charge in [-0.15, -0.1) is 0 Å². The predicted octanol–water partition coefficient (Wildman–Crippen LogP) is 12.0. The van der Waals surface area contributed by atoms with E-state index in [-0.39, 0.29) is 27.8 Å². The fourth-order valence-corrected chi connectivity index (χ4v) is 6.15. The molecule has 3 atom stereocenters. The van der Waals surface area contributed by atoms with Gasteiger partial charge in [-0.3, -0.25) is 4.98 Å². The van der Waals surface area contributed by atoms with Gasteiger partial charge >= 0.3 is 0 Å². The van der Waals surface area contributed by atoms with Gasteiger partial charge in [0.25, 0.3) is 0 Å². The van der Waals surface area contributed by atoms with E-state index in [1.165, 1.54) is 59.7 Å². The number of fused-ring (bicyclic) bond motifs is 1. The molecule has 2 aromatic heterocycles. The number of nitrogens with zero attached hydrogens (tertiary/aromatic N) is 3. The van der Waals surface area contributed by atoms with E-state index in [9.17, 15) is 14.0 Å². The number of hydroxylamine groups is 2. The van der Waals surface area contributed by atoms with E-state index >= 15 is 0 Å². The lowest BCUT2D eigenvalue weighted by Gasteiger charge is -2.21. The number of hydrogen-bond acceptors (Lipinski definition) is 6. The molecule has 0 spiro atoms. The van der Waals surface area contributed by atoms with Crippen LogP contribution in [0.2, 0.25) is 10.0 Å². The highest BCUT2D eigenvalue weighted by atomic mass is 35.5. The smallest absolute Gasteiger partial charge is 0.198 e. The first kappa shape index (κ1) is 40.0. The van der Waals surface area contributed by atoms with Crippen molar-refractivity contribution < 1.29 is 18.4 Å². The van der Waals surface area contributed by atoms with E-state index in [1.807, 2.05) is 32.9 Å². The van der Waals surface area contributed by atoms with Gasteiger partial charge in [0.1, 0.15) is 17.2 Å². The highest BCUT2D eigenvalue weighted by Gasteiger charge is 2.37. The first-order chi connectivity index (χ1) is 24.5. The molecule has 3 aromatic carbocycles. The third-order valence-corrected chi connectivity index (χ3v) is 9.27. The Morgan fingerprint density at radius 1 is 1.02 bits per heavy atom. The maximum absolute atomic E-state index is 14.0. The Morgan fingerprint density at radius 2 is 1.71 bits per heavy atom. The van der Waals surface area contributed by atoms with Crippen LogP contribution >= 0.6 is 23.2 Å². The molecule has 0 bridgehead atoms. The Morgan fingerprint density at radius 3 is 2.31 bits per heavy atom. The van der Waals surface area contributed by atoms with Crippen LogP contribution in [0.15, 0.2) is 71.8 Å². The SMILES string of the molecule is C=CNCC(c1cccc(F)c1)c1cc(C2CN2O)c(C)c(-c2ccc(F)c(Cl)c2Cl)n1.CC.CCC.Cc1cc(C)c2nc(C3CC3)oc2c1. The molecule has 1 aliphatic carbocycles. The maximum Gasteiger partial charge on any atom is 0.198 e. The Hall–Kier alpha value is -3.82. The van der Waals surface area contributed by atoms with Crippen LogP contribution in [0.3, 0.4) is 0 Å². The summed E-state index contributed by atoms with van der Waals surface area (Å²) in [6.45, 7) is 18.9. The summed E-state index contributed by atoms with van der Waals surface area (Å²) in [5, 5.41) is 14.2. The Balaban J connectivity index is 0.000000252. The molecule has 2 fully saturated rings. The normalized spacial score (nSPS) is 16.5. The third kappa shape index (κ3) is 9.74. The molecule has 2 aliphatic rings. The van der Waals surface area contributed by atoms with E-state index < -0.39 is 5.82 Å². The van der Waals surface area contributed by atoms with E-state index in [4.69, 9.17) is 32.6 Å². The third-order valence-electron chi connectivity index (χ3n) is 8.42. The summed E-state index contributed by atoms with van der Waals surface area (Å²) in [6, 6.07) is 15.1. The van der Waals surface area contributed by atoms with Gasteiger partial charge in [0.05, 0.1) is 27.5 Å². The lowest BCUT2D eigenvalue weighted by atomic mass is 9.91. The molecule has 5 aromatic rings. The van der Waals surface area contributed by atoms with Gasteiger partial charge < -0.3 is 14.9 Å². The first-order valence-electron chi connectivity index (χ1n) is 17.5. The van der Waals surface area contributed by atoms with E-state index in [1.54, 1.807) is 12.3 Å². The molecule has 7 rings (SSSR count). The minimum absolute atomic E-state index is 0.0635. The van der Waals surface area contributed by atoms with Crippen LogP contribution in [0.25, 0.3) is 22.4 Å². The van der Waals surface area contributed by atoms with Gasteiger partial charge in [-0.05, 0) is 104 Å². The van der Waals surface area contributed by atoms with Crippen molar-refractivity contribution in [1.29, 1.82) is 0 Å². The van der Waals surface area contributed by atoms with Gasteiger partial charge in [-0.2, -0.15) is 5.06 Å². The zero-order valence-corrected chi connectivity index (χ0v) is 32.0. The number of hydrogen-bond donors (Lipinski definition) is 2.